The molecule has 0 saturated heterocycles. The molecule has 0 saturated carbocycles. The van der Waals surface area contributed by atoms with Gasteiger partial charge in [0.1, 0.15) is 9.39 Å². The molecule has 0 amide bonds. The second kappa shape index (κ2) is 6.05. The highest BCUT2D eigenvalue weighted by Crippen LogP contribution is 2.08. The highest BCUT2D eigenvalue weighted by Gasteiger charge is 2.09. The number of nitrogens with one attached hydrogen (secondary N) is 1. The van der Waals surface area contributed by atoms with E-state index in [0.29, 0.717) is 28.1 Å². The number of hydrogen-bond acceptors (Lipinski definition) is 4. The number of aromatic amines is 1. The molecule has 2 aromatic rings. The SMILES string of the molecule is COCc1nc(Cc2ccncc2)[nH]c(=O)c1I. The number of halogens is 1. The van der Waals surface area contributed by atoms with Crippen molar-refractivity contribution < 1.29 is 4.74 Å². The Hall–Kier alpha value is -1.28. The van der Waals surface area contributed by atoms with Crippen molar-refractivity contribution in [2.24, 2.45) is 0 Å². The van der Waals surface area contributed by atoms with Crippen LogP contribution in [0.2, 0.25) is 0 Å². The number of hydrogen-bond donors (Lipinski definition) is 1. The molecule has 0 aromatic carbocycles. The molecule has 2 heterocycles. The van der Waals surface area contributed by atoms with Crippen molar-refractivity contribution in [3.05, 3.63) is 55.5 Å². The molecule has 2 aromatic heterocycles. The van der Waals surface area contributed by atoms with Crippen LogP contribution in [0.15, 0.2) is 29.3 Å². The lowest BCUT2D eigenvalue weighted by Crippen LogP contribution is -2.18. The summed E-state index contributed by atoms with van der Waals surface area (Å²) in [5, 5.41) is 0. The summed E-state index contributed by atoms with van der Waals surface area (Å²) < 4.78 is 5.62. The normalized spacial score (nSPS) is 10.6. The zero-order valence-corrected chi connectivity index (χ0v) is 12.0. The van der Waals surface area contributed by atoms with Crippen molar-refractivity contribution in [3.8, 4) is 0 Å². The summed E-state index contributed by atoms with van der Waals surface area (Å²) in [4.78, 5) is 22.9. The Morgan fingerprint density at radius 1 is 1.39 bits per heavy atom. The summed E-state index contributed by atoms with van der Waals surface area (Å²) in [5.74, 6) is 0.638. The van der Waals surface area contributed by atoms with Gasteiger partial charge in [0.25, 0.3) is 5.56 Å². The van der Waals surface area contributed by atoms with Crippen molar-refractivity contribution >= 4 is 22.6 Å². The van der Waals surface area contributed by atoms with E-state index in [1.54, 1.807) is 19.5 Å². The van der Waals surface area contributed by atoms with E-state index in [1.807, 2.05) is 34.7 Å². The monoisotopic (exact) mass is 357 g/mol. The van der Waals surface area contributed by atoms with Gasteiger partial charge in [0.05, 0.1) is 12.3 Å². The highest BCUT2D eigenvalue weighted by atomic mass is 127. The molecule has 0 spiro atoms. The Labute approximate surface area is 118 Å². The van der Waals surface area contributed by atoms with Crippen molar-refractivity contribution in [1.82, 2.24) is 15.0 Å². The van der Waals surface area contributed by atoms with E-state index in [0.717, 1.165) is 5.56 Å². The van der Waals surface area contributed by atoms with Crippen molar-refractivity contribution in [2.45, 2.75) is 13.0 Å². The van der Waals surface area contributed by atoms with Gasteiger partial charge in [-0.25, -0.2) is 4.98 Å². The van der Waals surface area contributed by atoms with Gasteiger partial charge in [-0.05, 0) is 40.3 Å². The second-order valence-corrected chi connectivity index (χ2v) is 4.82. The minimum absolute atomic E-state index is 0.123. The van der Waals surface area contributed by atoms with Crippen LogP contribution in [0, 0.1) is 3.57 Å². The van der Waals surface area contributed by atoms with Crippen molar-refractivity contribution in [1.29, 1.82) is 0 Å². The van der Waals surface area contributed by atoms with Crippen LogP contribution in [0.1, 0.15) is 17.1 Å². The molecule has 2 rings (SSSR count). The van der Waals surface area contributed by atoms with Gasteiger partial charge in [-0.1, -0.05) is 0 Å². The number of rotatable bonds is 4. The van der Waals surface area contributed by atoms with Gasteiger partial charge in [-0.15, -0.1) is 0 Å². The zero-order chi connectivity index (χ0) is 13.0. The molecule has 0 fully saturated rings. The zero-order valence-electron chi connectivity index (χ0n) is 9.81. The summed E-state index contributed by atoms with van der Waals surface area (Å²) in [6, 6.07) is 3.79. The first-order valence-corrected chi connectivity index (χ1v) is 6.44. The molecule has 0 aliphatic carbocycles. The summed E-state index contributed by atoms with van der Waals surface area (Å²) in [6.07, 6.45) is 4.01. The number of pyridine rings is 1. The number of H-pyrrole nitrogens is 1. The van der Waals surface area contributed by atoms with Gasteiger partial charge in [0, 0.05) is 25.9 Å². The first-order chi connectivity index (χ1) is 8.70. The van der Waals surface area contributed by atoms with Crippen LogP contribution < -0.4 is 5.56 Å². The third kappa shape index (κ3) is 3.14. The van der Waals surface area contributed by atoms with Crippen LogP contribution in [0.3, 0.4) is 0 Å². The van der Waals surface area contributed by atoms with Gasteiger partial charge >= 0.3 is 0 Å². The van der Waals surface area contributed by atoms with E-state index < -0.39 is 0 Å². The second-order valence-electron chi connectivity index (χ2n) is 3.74. The smallest absolute Gasteiger partial charge is 0.264 e. The fourth-order valence-electron chi connectivity index (χ4n) is 1.57. The summed E-state index contributed by atoms with van der Waals surface area (Å²) >= 11 is 1.98. The third-order valence-electron chi connectivity index (χ3n) is 2.38. The van der Waals surface area contributed by atoms with Crippen LogP contribution in [0.5, 0.6) is 0 Å². The minimum atomic E-state index is -0.123. The highest BCUT2D eigenvalue weighted by molar-refractivity contribution is 14.1. The van der Waals surface area contributed by atoms with Gasteiger partial charge in [-0.2, -0.15) is 0 Å². The first kappa shape index (κ1) is 13.2. The lowest BCUT2D eigenvalue weighted by Gasteiger charge is -2.06. The van der Waals surface area contributed by atoms with Crippen LogP contribution in [-0.2, 0) is 17.8 Å². The van der Waals surface area contributed by atoms with Crippen LogP contribution in [0.4, 0.5) is 0 Å². The van der Waals surface area contributed by atoms with Gasteiger partial charge in [-0.3, -0.25) is 9.78 Å². The molecule has 18 heavy (non-hydrogen) atoms. The number of ether oxygens (including phenoxy) is 1. The number of methoxy groups -OCH3 is 1. The fraction of sp³-hybridized carbons (Fsp3) is 0.250. The molecular weight excluding hydrogens is 345 g/mol. The standard InChI is InChI=1S/C12H12IN3O2/c1-18-7-9-11(13)12(17)16-10(15-9)6-8-2-4-14-5-3-8/h2-5H,6-7H2,1H3,(H,15,16,17). The van der Waals surface area contributed by atoms with E-state index in [2.05, 4.69) is 15.0 Å². The molecule has 0 radical (unpaired) electrons. The maximum atomic E-state index is 11.8. The molecule has 0 bridgehead atoms. The Morgan fingerprint density at radius 2 is 2.11 bits per heavy atom. The molecule has 94 valence electrons. The third-order valence-corrected chi connectivity index (χ3v) is 3.49. The average molecular weight is 357 g/mol. The fourth-order valence-corrected chi connectivity index (χ4v) is 1.98. The van der Waals surface area contributed by atoms with E-state index in [1.165, 1.54) is 0 Å². The summed E-state index contributed by atoms with van der Waals surface area (Å²) in [5.41, 5.74) is 1.60. The maximum absolute atomic E-state index is 11.8. The van der Waals surface area contributed by atoms with Crippen molar-refractivity contribution in [2.75, 3.05) is 7.11 Å². The maximum Gasteiger partial charge on any atom is 0.264 e. The Bertz CT molecular complexity index is 584. The van der Waals surface area contributed by atoms with Gasteiger partial charge in [0.2, 0.25) is 0 Å². The Balaban J connectivity index is 2.32. The van der Waals surface area contributed by atoms with Crippen molar-refractivity contribution in [3.63, 3.8) is 0 Å². The van der Waals surface area contributed by atoms with Crippen LogP contribution >= 0.6 is 22.6 Å². The molecule has 0 aliphatic rings. The molecule has 5 nitrogen and oxygen atoms in total. The van der Waals surface area contributed by atoms with Gasteiger partial charge < -0.3 is 9.72 Å². The number of aromatic nitrogens is 3. The number of nitrogens with zero attached hydrogens (tertiary/aromatic N) is 2. The van der Waals surface area contributed by atoms with E-state index in [-0.39, 0.29) is 5.56 Å². The van der Waals surface area contributed by atoms with E-state index >= 15 is 0 Å². The molecule has 0 unspecified atom stereocenters. The quantitative estimate of drug-likeness (QED) is 0.843. The molecule has 0 aliphatic heterocycles. The lowest BCUT2D eigenvalue weighted by molar-refractivity contribution is 0.180. The Morgan fingerprint density at radius 3 is 2.78 bits per heavy atom. The Kier molecular flexibility index (Phi) is 4.43. The topological polar surface area (TPSA) is 67.9 Å². The lowest BCUT2D eigenvalue weighted by atomic mass is 10.2. The predicted octanol–water partition coefficient (Wildman–Crippen LogP) is 1.51. The van der Waals surface area contributed by atoms with Crippen LogP contribution in [0.25, 0.3) is 0 Å². The molecule has 6 heteroatoms. The summed E-state index contributed by atoms with van der Waals surface area (Å²) in [6.45, 7) is 0.339. The molecule has 1 N–H and O–H groups in total. The van der Waals surface area contributed by atoms with Crippen LogP contribution in [-0.4, -0.2) is 22.1 Å². The predicted molar refractivity (Wildman–Crippen MR) is 75.3 cm³/mol. The largest absolute Gasteiger partial charge is 0.378 e. The minimum Gasteiger partial charge on any atom is -0.378 e. The first-order valence-electron chi connectivity index (χ1n) is 5.36. The summed E-state index contributed by atoms with van der Waals surface area (Å²) in [7, 11) is 1.58. The van der Waals surface area contributed by atoms with E-state index in [9.17, 15) is 4.79 Å². The molecule has 0 atom stereocenters. The molecular formula is C12H12IN3O2. The average Bonchev–Trinajstić information content (AvgIpc) is 2.37. The van der Waals surface area contributed by atoms with E-state index in [4.69, 9.17) is 4.74 Å². The van der Waals surface area contributed by atoms with Gasteiger partial charge in [0.15, 0.2) is 0 Å².